The second-order valence-electron chi connectivity index (χ2n) is 23.2. The van der Waals surface area contributed by atoms with Crippen LogP contribution in [0.1, 0.15) is 99.9 Å². The highest BCUT2D eigenvalue weighted by Crippen LogP contribution is 2.67. The van der Waals surface area contributed by atoms with Crippen molar-refractivity contribution in [1.29, 1.82) is 0 Å². The molecule has 0 unspecified atom stereocenters. The summed E-state index contributed by atoms with van der Waals surface area (Å²) in [5.74, 6) is 0. The van der Waals surface area contributed by atoms with Crippen LogP contribution in [0.5, 0.6) is 0 Å². The van der Waals surface area contributed by atoms with Crippen molar-refractivity contribution in [2.75, 3.05) is 4.90 Å². The van der Waals surface area contributed by atoms with E-state index in [1.54, 1.807) is 12.1 Å². The molecule has 9 aromatic rings. The predicted octanol–water partition coefficient (Wildman–Crippen LogP) is 16.0. The molecule has 0 amide bonds. The molecule has 9 aromatic carbocycles. The molecule has 0 bridgehead atoms. The maximum Gasteiger partial charge on any atom is 0.208 e. The first-order chi connectivity index (χ1) is 34.8. The van der Waals surface area contributed by atoms with Crippen LogP contribution in [0.4, 0.5) is 17.1 Å². The molecule has 0 atom stereocenters. The van der Waals surface area contributed by atoms with Gasteiger partial charge in [-0.25, -0.2) is 16.8 Å². The monoisotopic (exact) mass is 985 g/mol. The van der Waals surface area contributed by atoms with Gasteiger partial charge in [-0.1, -0.05) is 152 Å². The SMILES string of the molecule is CC1(C)c2cc(N(c3ccccc3)c3ccc4c(c3)C(C)(C)c3c-4c4c(c5c3C(C)(C)c3ccccc3-5)S(=O)(=O)c3ccccc3-4)ccc2-c2cc3c(cc21)-c1c(ccc2c1-c1ccccc1S2(=O)=O)C3(C)C. The van der Waals surface area contributed by atoms with Crippen molar-refractivity contribution in [3.63, 3.8) is 0 Å². The van der Waals surface area contributed by atoms with Gasteiger partial charge in [0.2, 0.25) is 19.7 Å². The molecule has 0 fully saturated rings. The molecule has 356 valence electrons. The van der Waals surface area contributed by atoms with Crippen molar-refractivity contribution < 1.29 is 16.8 Å². The van der Waals surface area contributed by atoms with E-state index in [-0.39, 0.29) is 5.41 Å². The van der Waals surface area contributed by atoms with Gasteiger partial charge >= 0.3 is 0 Å². The summed E-state index contributed by atoms with van der Waals surface area (Å²) in [6.07, 6.45) is 0. The van der Waals surface area contributed by atoms with Gasteiger partial charge in [0.05, 0.1) is 19.6 Å². The fraction of sp³-hybridized carbons (Fsp3) is 0.182. The molecule has 7 heteroatoms. The van der Waals surface area contributed by atoms with E-state index in [2.05, 4.69) is 157 Å². The largest absolute Gasteiger partial charge is 0.310 e. The van der Waals surface area contributed by atoms with Crippen molar-refractivity contribution in [2.45, 2.75) is 96.6 Å². The minimum absolute atomic E-state index is 0.356. The molecule has 0 saturated carbocycles. The number of nitrogens with zero attached hydrogens (tertiary/aromatic N) is 1. The van der Waals surface area contributed by atoms with Gasteiger partial charge in [0.1, 0.15) is 0 Å². The summed E-state index contributed by atoms with van der Waals surface area (Å²) >= 11 is 0. The van der Waals surface area contributed by atoms with Crippen molar-refractivity contribution in [3.05, 3.63) is 208 Å². The third-order valence-electron chi connectivity index (χ3n) is 18.1. The summed E-state index contributed by atoms with van der Waals surface area (Å²) in [6.45, 7) is 18.4. The highest BCUT2D eigenvalue weighted by molar-refractivity contribution is 7.92. The summed E-state index contributed by atoms with van der Waals surface area (Å²) in [5, 5.41) is 0. The number of fused-ring (bicyclic) bond motifs is 22. The predicted molar refractivity (Wildman–Crippen MR) is 293 cm³/mol. The minimum atomic E-state index is -3.84. The van der Waals surface area contributed by atoms with Crippen molar-refractivity contribution in [3.8, 4) is 66.8 Å². The number of benzene rings is 9. The van der Waals surface area contributed by atoms with E-state index >= 15 is 0 Å². The first-order valence-corrected chi connectivity index (χ1v) is 28.3. The molecule has 6 aliphatic rings. The first-order valence-electron chi connectivity index (χ1n) is 25.3. The van der Waals surface area contributed by atoms with Crippen LogP contribution in [0, 0.1) is 0 Å². The van der Waals surface area contributed by atoms with Crippen LogP contribution in [0.2, 0.25) is 0 Å². The Kier molecular flexibility index (Phi) is 7.97. The molecule has 0 aromatic heterocycles. The molecule has 0 radical (unpaired) electrons. The van der Waals surface area contributed by atoms with Crippen LogP contribution in [-0.4, -0.2) is 16.8 Å². The lowest BCUT2D eigenvalue weighted by atomic mass is 9.71. The summed E-state index contributed by atoms with van der Waals surface area (Å²) < 4.78 is 58.0. The maximum absolute atomic E-state index is 15.0. The Balaban J connectivity index is 0.905. The first kappa shape index (κ1) is 43.3. The average Bonchev–Trinajstić information content (AvgIpc) is 4.08. The Morgan fingerprint density at radius 3 is 1.49 bits per heavy atom. The van der Waals surface area contributed by atoms with E-state index in [0.29, 0.717) is 19.6 Å². The average molecular weight is 986 g/mol. The topological polar surface area (TPSA) is 71.5 Å². The van der Waals surface area contributed by atoms with Crippen LogP contribution < -0.4 is 4.90 Å². The van der Waals surface area contributed by atoms with Gasteiger partial charge < -0.3 is 4.90 Å². The Morgan fingerprint density at radius 2 is 0.795 bits per heavy atom. The number of anilines is 3. The van der Waals surface area contributed by atoms with E-state index in [1.165, 1.54) is 38.9 Å². The fourth-order valence-corrected chi connectivity index (χ4v) is 18.3. The third-order valence-corrected chi connectivity index (χ3v) is 21.8. The van der Waals surface area contributed by atoms with Gasteiger partial charge in [0, 0.05) is 66.5 Å². The molecule has 0 N–H and O–H groups in total. The summed E-state index contributed by atoms with van der Waals surface area (Å²) in [7, 11) is -7.49. The van der Waals surface area contributed by atoms with Crippen LogP contribution in [-0.2, 0) is 41.3 Å². The fourth-order valence-electron chi connectivity index (χ4n) is 14.7. The standard InChI is InChI=1S/C66H51NO4S2/c1-63(2)47-30-31-54-56(42-21-13-16-24-52(42)72(54,68)69)55(47)45-35-50-44(34-51(45)63)39-28-26-37(32-48(39)64(50,3)4)67(36-18-10-9-11-19-36)38-27-29-41-49(33-38)66(7,8)60-57(41)58-43-22-14-17-25-53(43)73(70,71)62(58)59-40-20-12-15-23-46(40)65(5,6)61(59)60/h9-35H,1-8H3. The summed E-state index contributed by atoms with van der Waals surface area (Å²) in [4.78, 5) is 3.97. The third kappa shape index (κ3) is 5.03. The Bertz CT molecular complexity index is 4350. The van der Waals surface area contributed by atoms with Gasteiger partial charge in [0.25, 0.3) is 0 Å². The summed E-state index contributed by atoms with van der Waals surface area (Å²) in [5.41, 5.74) is 22.6. The van der Waals surface area contributed by atoms with E-state index in [0.717, 1.165) is 89.4 Å². The van der Waals surface area contributed by atoms with Gasteiger partial charge in [-0.3, -0.25) is 0 Å². The zero-order chi connectivity index (χ0) is 50.3. The van der Waals surface area contributed by atoms with E-state index < -0.39 is 35.9 Å². The van der Waals surface area contributed by atoms with Crippen molar-refractivity contribution >= 4 is 36.7 Å². The molecule has 2 aliphatic heterocycles. The highest BCUT2D eigenvalue weighted by Gasteiger charge is 2.53. The molecule has 4 aliphatic carbocycles. The van der Waals surface area contributed by atoms with Crippen LogP contribution in [0.25, 0.3) is 66.8 Å². The van der Waals surface area contributed by atoms with E-state index in [4.69, 9.17) is 0 Å². The van der Waals surface area contributed by atoms with Crippen LogP contribution >= 0.6 is 0 Å². The number of sulfone groups is 2. The molecule has 5 nitrogen and oxygen atoms in total. The number of hydrogen-bond donors (Lipinski definition) is 0. The minimum Gasteiger partial charge on any atom is -0.310 e. The van der Waals surface area contributed by atoms with Crippen molar-refractivity contribution in [2.24, 2.45) is 0 Å². The number of hydrogen-bond acceptors (Lipinski definition) is 5. The summed E-state index contributed by atoms with van der Waals surface area (Å²) in [6, 6.07) is 56.4. The number of para-hydroxylation sites is 1. The molecule has 73 heavy (non-hydrogen) atoms. The van der Waals surface area contributed by atoms with Gasteiger partial charge in [-0.2, -0.15) is 0 Å². The molecule has 0 saturated heterocycles. The Hall–Kier alpha value is -7.32. The van der Waals surface area contributed by atoms with E-state index in [9.17, 15) is 16.8 Å². The number of rotatable bonds is 3. The molecular weight excluding hydrogens is 935 g/mol. The van der Waals surface area contributed by atoms with Crippen LogP contribution in [0.15, 0.2) is 183 Å². The van der Waals surface area contributed by atoms with E-state index in [1.807, 2.05) is 54.6 Å². The van der Waals surface area contributed by atoms with Crippen LogP contribution in [0.3, 0.4) is 0 Å². The van der Waals surface area contributed by atoms with Crippen molar-refractivity contribution in [1.82, 2.24) is 0 Å². The lowest BCUT2D eigenvalue weighted by molar-refractivity contribution is 0.594. The lowest BCUT2D eigenvalue weighted by Crippen LogP contribution is -2.25. The van der Waals surface area contributed by atoms with Gasteiger partial charge in [-0.15, -0.1) is 0 Å². The smallest absolute Gasteiger partial charge is 0.208 e. The normalized spacial score (nSPS) is 18.2. The zero-order valence-electron chi connectivity index (χ0n) is 42.0. The molecular formula is C66H51NO4S2. The molecule has 15 rings (SSSR count). The lowest BCUT2D eigenvalue weighted by Gasteiger charge is -2.32. The highest BCUT2D eigenvalue weighted by atomic mass is 32.2. The Labute approximate surface area is 427 Å². The second-order valence-corrected chi connectivity index (χ2v) is 26.9. The maximum atomic E-state index is 15.0. The zero-order valence-corrected chi connectivity index (χ0v) is 43.6. The molecule has 2 heterocycles. The van der Waals surface area contributed by atoms with Gasteiger partial charge in [-0.05, 0) is 150 Å². The molecule has 0 spiro atoms. The van der Waals surface area contributed by atoms with Gasteiger partial charge in [0.15, 0.2) is 0 Å². The second kappa shape index (κ2) is 13.4. The quantitative estimate of drug-likeness (QED) is 0.176. The Morgan fingerprint density at radius 1 is 0.301 bits per heavy atom.